The third kappa shape index (κ3) is 6.44. The largest absolute Gasteiger partial charge is 0.344 e. The van der Waals surface area contributed by atoms with Gasteiger partial charge in [0.25, 0.3) is 0 Å². The van der Waals surface area contributed by atoms with Gasteiger partial charge in [-0.2, -0.15) is 0 Å². The number of nitrogens with zero attached hydrogens (tertiary/aromatic N) is 5. The normalized spacial score (nSPS) is 14.0. The number of amidine groups is 2. The topological polar surface area (TPSA) is 75.4 Å². The van der Waals surface area contributed by atoms with E-state index in [-0.39, 0.29) is 6.17 Å². The van der Waals surface area contributed by atoms with E-state index in [1.54, 1.807) is 22.7 Å². The van der Waals surface area contributed by atoms with Crippen molar-refractivity contribution in [3.8, 4) is 45.3 Å². The minimum absolute atomic E-state index is 0.279. The number of rotatable bonds is 7. The summed E-state index contributed by atoms with van der Waals surface area (Å²) >= 11 is 3.60. The van der Waals surface area contributed by atoms with Crippen molar-refractivity contribution in [2.45, 2.75) is 6.17 Å². The summed E-state index contributed by atoms with van der Waals surface area (Å²) in [5.74, 6) is 3.48. The van der Waals surface area contributed by atoms with Crippen molar-refractivity contribution in [1.29, 1.82) is 0 Å². The zero-order chi connectivity index (χ0) is 41.0. The molecule has 0 amide bonds. The van der Waals surface area contributed by atoms with Gasteiger partial charge in [0.15, 0.2) is 23.3 Å². The molecule has 0 aliphatic carbocycles. The van der Waals surface area contributed by atoms with Crippen LogP contribution in [-0.4, -0.2) is 26.6 Å². The number of hydrogen-bond donors (Lipinski definition) is 1. The van der Waals surface area contributed by atoms with Crippen LogP contribution < -0.4 is 5.32 Å². The van der Waals surface area contributed by atoms with Crippen molar-refractivity contribution in [2.24, 2.45) is 9.98 Å². The lowest BCUT2D eigenvalue weighted by atomic mass is 9.98. The lowest BCUT2D eigenvalue weighted by Crippen LogP contribution is -2.33. The summed E-state index contributed by atoms with van der Waals surface area (Å²) in [6, 6.07) is 67.6. The molecule has 0 saturated carbocycles. The van der Waals surface area contributed by atoms with Crippen LogP contribution in [0.5, 0.6) is 0 Å². The van der Waals surface area contributed by atoms with Crippen LogP contribution in [-0.2, 0) is 0 Å². The molecule has 1 aliphatic heterocycles. The van der Waals surface area contributed by atoms with Crippen molar-refractivity contribution >= 4 is 74.7 Å². The summed E-state index contributed by atoms with van der Waals surface area (Å²) in [6.07, 6.45) is -0.279. The minimum Gasteiger partial charge on any atom is -0.344 e. The highest BCUT2D eigenvalue weighted by Gasteiger charge is 2.24. The van der Waals surface area contributed by atoms with Gasteiger partial charge in [0.1, 0.15) is 12.0 Å². The second-order valence-electron chi connectivity index (χ2n) is 15.3. The Labute approximate surface area is 365 Å². The van der Waals surface area contributed by atoms with E-state index in [1.807, 2.05) is 84.9 Å². The molecule has 1 N–H and O–H groups in total. The molecule has 0 fully saturated rings. The smallest absolute Gasteiger partial charge is 0.164 e. The molecule has 6 nitrogen and oxygen atoms in total. The Bertz CT molecular complexity index is 3490. The molecule has 1 atom stereocenters. The van der Waals surface area contributed by atoms with Gasteiger partial charge in [-0.15, -0.1) is 22.7 Å². The molecule has 8 heteroatoms. The molecule has 0 spiro atoms. The Morgan fingerprint density at radius 1 is 0.387 bits per heavy atom. The quantitative estimate of drug-likeness (QED) is 0.174. The first-order valence-corrected chi connectivity index (χ1v) is 22.2. The Morgan fingerprint density at radius 3 is 1.44 bits per heavy atom. The highest BCUT2D eigenvalue weighted by molar-refractivity contribution is 7.26. The Kier molecular flexibility index (Phi) is 8.83. The van der Waals surface area contributed by atoms with E-state index in [4.69, 9.17) is 24.9 Å². The van der Waals surface area contributed by atoms with E-state index in [0.29, 0.717) is 17.5 Å². The van der Waals surface area contributed by atoms with Crippen molar-refractivity contribution in [3.05, 3.63) is 211 Å². The first-order valence-electron chi connectivity index (χ1n) is 20.5. The number of aliphatic imine (C=N–C) groups is 2. The SMILES string of the molecule is c1ccc(C2=NC(c3cccc4sc5ccc(-c6ccc7sc8cccc(-c9nc(-c%10ccccc%10)nc(-c%10ccccc%10)n9)c8c7c6)cc5c34)=NC(c3ccccc3)N2)cc1. The van der Waals surface area contributed by atoms with Crippen molar-refractivity contribution in [2.75, 3.05) is 0 Å². The summed E-state index contributed by atoms with van der Waals surface area (Å²) in [5, 5.41) is 8.29. The summed E-state index contributed by atoms with van der Waals surface area (Å²) < 4.78 is 4.83. The van der Waals surface area contributed by atoms with E-state index in [9.17, 15) is 0 Å². The van der Waals surface area contributed by atoms with Gasteiger partial charge in [0.2, 0.25) is 0 Å². The Balaban J connectivity index is 1.00. The fraction of sp³-hybridized carbons (Fsp3) is 0.0185. The fourth-order valence-electron chi connectivity index (χ4n) is 8.43. The molecular formula is C54H34N6S2. The lowest BCUT2D eigenvalue weighted by molar-refractivity contribution is 0.674. The average molecular weight is 831 g/mol. The molecule has 4 heterocycles. The van der Waals surface area contributed by atoms with Crippen LogP contribution in [0, 0.1) is 0 Å². The third-order valence-electron chi connectivity index (χ3n) is 11.4. The standard InChI is InChI=1S/C54H34N6S2/c1-5-15-33(16-6-1)49-55-50(34-17-7-2-8-18-34)58-53(57-49)39-23-13-25-45-47(39)41-31-37(27-29-43(41)61-45)38-28-30-44-42(32-38)48-40(24-14-26-46(48)62-44)54-59-51(35-19-9-3-10-20-35)56-52(60-54)36-21-11-4-12-22-36/h1-32,49H,(H,55,57,58). The first kappa shape index (κ1) is 36.2. The van der Waals surface area contributed by atoms with E-state index < -0.39 is 0 Å². The average Bonchev–Trinajstić information content (AvgIpc) is 3.93. The van der Waals surface area contributed by atoms with Crippen molar-refractivity contribution in [3.63, 3.8) is 0 Å². The maximum atomic E-state index is 5.26. The summed E-state index contributed by atoms with van der Waals surface area (Å²) in [4.78, 5) is 25.7. The maximum Gasteiger partial charge on any atom is 0.164 e. The first-order chi connectivity index (χ1) is 30.7. The number of benzene rings is 8. The maximum absolute atomic E-state index is 5.26. The number of nitrogens with one attached hydrogen (secondary N) is 1. The molecule has 11 aromatic rings. The molecule has 1 aliphatic rings. The van der Waals surface area contributed by atoms with Gasteiger partial charge in [-0.25, -0.2) is 24.9 Å². The lowest BCUT2D eigenvalue weighted by Gasteiger charge is -2.24. The van der Waals surface area contributed by atoms with Crippen LogP contribution in [0.4, 0.5) is 0 Å². The highest BCUT2D eigenvalue weighted by atomic mass is 32.1. The molecule has 0 saturated heterocycles. The predicted molar refractivity (Wildman–Crippen MR) is 259 cm³/mol. The number of thiophene rings is 2. The molecule has 62 heavy (non-hydrogen) atoms. The second-order valence-corrected chi connectivity index (χ2v) is 17.4. The van der Waals surface area contributed by atoms with Crippen LogP contribution in [0.15, 0.2) is 204 Å². The molecule has 8 aromatic carbocycles. The number of fused-ring (bicyclic) bond motifs is 6. The molecule has 12 rings (SSSR count). The van der Waals surface area contributed by atoms with Gasteiger partial charge < -0.3 is 5.32 Å². The van der Waals surface area contributed by atoms with Gasteiger partial charge in [0.05, 0.1) is 0 Å². The summed E-state index contributed by atoms with van der Waals surface area (Å²) in [7, 11) is 0. The Hall–Kier alpha value is -7.65. The van der Waals surface area contributed by atoms with Gasteiger partial charge in [-0.1, -0.05) is 158 Å². The van der Waals surface area contributed by atoms with E-state index in [2.05, 4.69) is 115 Å². The predicted octanol–water partition coefficient (Wildman–Crippen LogP) is 13.8. The monoisotopic (exact) mass is 830 g/mol. The fourth-order valence-corrected chi connectivity index (χ4v) is 10.7. The second kappa shape index (κ2) is 15.1. The zero-order valence-electron chi connectivity index (χ0n) is 33.1. The minimum atomic E-state index is -0.279. The van der Waals surface area contributed by atoms with Crippen LogP contribution in [0.1, 0.15) is 22.9 Å². The number of hydrogen-bond acceptors (Lipinski definition) is 8. The van der Waals surface area contributed by atoms with Gasteiger partial charge in [-0.05, 0) is 53.1 Å². The third-order valence-corrected chi connectivity index (χ3v) is 13.7. The summed E-state index contributed by atoms with van der Waals surface area (Å²) in [6.45, 7) is 0. The Morgan fingerprint density at radius 2 is 0.871 bits per heavy atom. The van der Waals surface area contributed by atoms with Gasteiger partial charge in [0, 0.05) is 68.2 Å². The van der Waals surface area contributed by atoms with Crippen LogP contribution in [0.25, 0.3) is 85.6 Å². The van der Waals surface area contributed by atoms with Crippen LogP contribution in [0.3, 0.4) is 0 Å². The van der Waals surface area contributed by atoms with E-state index >= 15 is 0 Å². The number of aromatic nitrogens is 3. The molecule has 292 valence electrons. The van der Waals surface area contributed by atoms with Crippen molar-refractivity contribution in [1.82, 2.24) is 20.3 Å². The summed E-state index contributed by atoms with van der Waals surface area (Å²) in [5.41, 5.74) is 8.30. The van der Waals surface area contributed by atoms with Crippen molar-refractivity contribution < 1.29 is 0 Å². The van der Waals surface area contributed by atoms with Gasteiger partial charge in [-0.3, -0.25) is 0 Å². The van der Waals surface area contributed by atoms with E-state index in [0.717, 1.165) is 61.6 Å². The van der Waals surface area contributed by atoms with Gasteiger partial charge >= 0.3 is 0 Å². The van der Waals surface area contributed by atoms with E-state index in [1.165, 1.54) is 35.0 Å². The van der Waals surface area contributed by atoms with Crippen LogP contribution in [0.2, 0.25) is 0 Å². The molecule has 0 bridgehead atoms. The molecule has 1 unspecified atom stereocenters. The van der Waals surface area contributed by atoms with Crippen LogP contribution >= 0.6 is 22.7 Å². The molecule has 0 radical (unpaired) electrons. The zero-order valence-corrected chi connectivity index (χ0v) is 34.7. The molecule has 3 aromatic heterocycles. The highest BCUT2D eigenvalue weighted by Crippen LogP contribution is 2.43. The molecular weight excluding hydrogens is 797 g/mol.